The number of nitrogens with zero attached hydrogens (tertiary/aromatic N) is 5. The highest BCUT2D eigenvalue weighted by Crippen LogP contribution is 2.28. The number of nitrogen functional groups attached to an aromatic ring is 1. The normalized spacial score (nSPS) is 11.0. The second-order valence-corrected chi connectivity index (χ2v) is 7.13. The zero-order valence-corrected chi connectivity index (χ0v) is 16.4. The lowest BCUT2D eigenvalue weighted by Gasteiger charge is -2.06. The summed E-state index contributed by atoms with van der Waals surface area (Å²) in [4.78, 5) is 0. The molecular weight excluding hydrogens is 419 g/mol. The Kier molecular flexibility index (Phi) is 5.63. The van der Waals surface area contributed by atoms with E-state index in [1.807, 2.05) is 12.1 Å². The molecule has 2 N–H and O–H groups in total. The van der Waals surface area contributed by atoms with Crippen molar-refractivity contribution in [1.29, 1.82) is 0 Å². The molecule has 0 fully saturated rings. The Morgan fingerprint density at radius 3 is 2.66 bits per heavy atom. The lowest BCUT2D eigenvalue weighted by Crippen LogP contribution is -2.15. The van der Waals surface area contributed by atoms with E-state index in [0.717, 1.165) is 0 Å². The van der Waals surface area contributed by atoms with Crippen LogP contribution < -0.4 is 10.6 Å². The van der Waals surface area contributed by atoms with Crippen molar-refractivity contribution in [2.24, 2.45) is 0 Å². The van der Waals surface area contributed by atoms with Gasteiger partial charge in [0.2, 0.25) is 16.9 Å². The maximum atomic E-state index is 12.9. The summed E-state index contributed by atoms with van der Waals surface area (Å²) in [6, 6.07) is 12.9. The fourth-order valence-electron chi connectivity index (χ4n) is 2.36. The molecule has 29 heavy (non-hydrogen) atoms. The van der Waals surface area contributed by atoms with Crippen LogP contribution >= 0.6 is 23.4 Å². The smallest absolute Gasteiger partial charge is 0.249 e. The molecule has 148 valence electrons. The highest BCUT2D eigenvalue weighted by Gasteiger charge is 2.15. The number of aromatic nitrogens is 5. The first-order valence-corrected chi connectivity index (χ1v) is 9.74. The van der Waals surface area contributed by atoms with Gasteiger partial charge in [-0.25, -0.2) is 9.07 Å². The number of thioether (sulfide) groups is 1. The molecule has 0 atom stereocenters. The van der Waals surface area contributed by atoms with Crippen LogP contribution in [0.15, 0.2) is 58.1 Å². The molecule has 4 aromatic rings. The molecule has 0 bridgehead atoms. The number of nitrogens with two attached hydrogens (primary N) is 1. The maximum absolute atomic E-state index is 12.9. The van der Waals surface area contributed by atoms with Gasteiger partial charge in [-0.05, 0) is 36.4 Å². The van der Waals surface area contributed by atoms with Crippen LogP contribution in [0, 0.1) is 5.82 Å². The quantitative estimate of drug-likeness (QED) is 0.348. The minimum absolute atomic E-state index is 0.0902. The van der Waals surface area contributed by atoms with Gasteiger partial charge in [0.05, 0.1) is 16.3 Å². The highest BCUT2D eigenvalue weighted by molar-refractivity contribution is 7.98. The summed E-state index contributed by atoms with van der Waals surface area (Å²) in [6.45, 7) is 0.0902. The van der Waals surface area contributed by atoms with E-state index in [1.165, 1.54) is 40.7 Å². The van der Waals surface area contributed by atoms with Crippen LogP contribution in [0.2, 0.25) is 5.02 Å². The lowest BCUT2D eigenvalue weighted by molar-refractivity contribution is 0.291. The van der Waals surface area contributed by atoms with Gasteiger partial charge in [0.1, 0.15) is 18.2 Å². The first-order valence-electron chi connectivity index (χ1n) is 8.38. The van der Waals surface area contributed by atoms with Gasteiger partial charge in [0.15, 0.2) is 5.82 Å². The van der Waals surface area contributed by atoms with Crippen LogP contribution in [-0.2, 0) is 12.4 Å². The van der Waals surface area contributed by atoms with Crippen LogP contribution in [-0.4, -0.2) is 25.1 Å². The van der Waals surface area contributed by atoms with E-state index in [1.54, 1.807) is 12.1 Å². The average Bonchev–Trinajstić information content (AvgIpc) is 3.33. The van der Waals surface area contributed by atoms with Crippen molar-refractivity contribution < 1.29 is 13.5 Å². The minimum atomic E-state index is -0.336. The largest absolute Gasteiger partial charge is 0.486 e. The third-order valence-electron chi connectivity index (χ3n) is 3.81. The third-order valence-corrected chi connectivity index (χ3v) is 5.07. The summed E-state index contributed by atoms with van der Waals surface area (Å²) >= 11 is 7.43. The van der Waals surface area contributed by atoms with Gasteiger partial charge >= 0.3 is 0 Å². The molecule has 0 unspecified atom stereocenters. The Labute approximate surface area is 173 Å². The van der Waals surface area contributed by atoms with Crippen LogP contribution in [0.1, 0.15) is 11.7 Å². The summed E-state index contributed by atoms with van der Waals surface area (Å²) in [5, 5.41) is 17.1. The third kappa shape index (κ3) is 4.49. The van der Waals surface area contributed by atoms with Crippen molar-refractivity contribution in [3.8, 4) is 17.2 Å². The Morgan fingerprint density at radius 2 is 1.86 bits per heavy atom. The Morgan fingerprint density at radius 1 is 1.07 bits per heavy atom. The van der Waals surface area contributed by atoms with Gasteiger partial charge in [-0.15, -0.1) is 20.4 Å². The van der Waals surface area contributed by atoms with Crippen molar-refractivity contribution >= 4 is 23.4 Å². The Bertz CT molecular complexity index is 1120. The predicted octanol–water partition coefficient (Wildman–Crippen LogP) is 3.71. The molecule has 0 aliphatic carbocycles. The van der Waals surface area contributed by atoms with Gasteiger partial charge in [-0.3, -0.25) is 0 Å². The predicted molar refractivity (Wildman–Crippen MR) is 105 cm³/mol. The van der Waals surface area contributed by atoms with E-state index < -0.39 is 0 Å². The Hall–Kier alpha value is -3.11. The van der Waals surface area contributed by atoms with Gasteiger partial charge in [-0.2, -0.15) is 0 Å². The average molecular weight is 433 g/mol. The van der Waals surface area contributed by atoms with Crippen molar-refractivity contribution in [1.82, 2.24) is 25.1 Å². The molecule has 0 aliphatic rings. The number of rotatable bonds is 7. The summed E-state index contributed by atoms with van der Waals surface area (Å²) < 4.78 is 25.4. The first-order chi connectivity index (χ1) is 14.1. The van der Waals surface area contributed by atoms with E-state index in [2.05, 4.69) is 20.4 Å². The summed E-state index contributed by atoms with van der Waals surface area (Å²) in [6.07, 6.45) is 0. The van der Waals surface area contributed by atoms with Crippen molar-refractivity contribution in [2.75, 3.05) is 5.84 Å². The molecule has 0 spiro atoms. The number of hydrogen-bond acceptors (Lipinski definition) is 8. The first kappa shape index (κ1) is 19.2. The van der Waals surface area contributed by atoms with Crippen molar-refractivity contribution in [2.45, 2.75) is 17.5 Å². The zero-order chi connectivity index (χ0) is 20.2. The van der Waals surface area contributed by atoms with E-state index in [4.69, 9.17) is 26.6 Å². The number of hydrogen-bond donors (Lipinski definition) is 1. The SMILES string of the molecule is Nn1c(COc2ccc(F)cc2)nnc1SCc1nnc(-c2ccccc2Cl)o1. The molecule has 8 nitrogen and oxygen atoms in total. The molecule has 4 rings (SSSR count). The number of benzene rings is 2. The molecule has 0 saturated heterocycles. The number of ether oxygens (including phenoxy) is 1. The fourth-order valence-corrected chi connectivity index (χ4v) is 3.29. The number of halogens is 2. The second-order valence-electron chi connectivity index (χ2n) is 5.78. The summed E-state index contributed by atoms with van der Waals surface area (Å²) in [7, 11) is 0. The Balaban J connectivity index is 1.37. The van der Waals surface area contributed by atoms with E-state index in [9.17, 15) is 4.39 Å². The molecular formula is C18H14ClFN6O2S. The lowest BCUT2D eigenvalue weighted by atomic mass is 10.2. The topological polar surface area (TPSA) is 105 Å². The molecule has 11 heteroatoms. The van der Waals surface area contributed by atoms with Crippen LogP contribution in [0.5, 0.6) is 5.75 Å². The van der Waals surface area contributed by atoms with E-state index >= 15 is 0 Å². The van der Waals surface area contributed by atoms with Crippen molar-refractivity contribution in [3.05, 3.63) is 71.1 Å². The fraction of sp³-hybridized carbons (Fsp3) is 0.111. The molecule has 2 heterocycles. The molecule has 0 saturated carbocycles. The molecule has 0 amide bonds. The molecule has 0 aliphatic heterocycles. The van der Waals surface area contributed by atoms with E-state index in [-0.39, 0.29) is 12.4 Å². The molecule has 2 aromatic carbocycles. The van der Waals surface area contributed by atoms with Gasteiger partial charge in [0, 0.05) is 0 Å². The summed E-state index contributed by atoms with van der Waals surface area (Å²) in [5.74, 6) is 7.69. The van der Waals surface area contributed by atoms with Crippen LogP contribution in [0.4, 0.5) is 4.39 Å². The standard InChI is InChI=1S/C18H14ClFN6O2S/c19-14-4-2-1-3-13(14)17-24-23-16(28-17)10-29-18-25-22-15(26(18)21)9-27-12-7-5-11(20)6-8-12/h1-8H,9-10,21H2. The molecule has 0 radical (unpaired) electrons. The van der Waals surface area contributed by atoms with Gasteiger partial charge in [0.25, 0.3) is 0 Å². The monoisotopic (exact) mass is 432 g/mol. The summed E-state index contributed by atoms with van der Waals surface area (Å²) in [5.41, 5.74) is 0.667. The maximum Gasteiger partial charge on any atom is 0.249 e. The van der Waals surface area contributed by atoms with Crippen molar-refractivity contribution in [3.63, 3.8) is 0 Å². The minimum Gasteiger partial charge on any atom is -0.486 e. The second kappa shape index (κ2) is 8.50. The van der Waals surface area contributed by atoms with Crippen LogP contribution in [0.25, 0.3) is 11.5 Å². The molecule has 2 aromatic heterocycles. The highest BCUT2D eigenvalue weighted by atomic mass is 35.5. The van der Waals surface area contributed by atoms with Gasteiger partial charge < -0.3 is 15.0 Å². The zero-order valence-electron chi connectivity index (χ0n) is 14.8. The van der Waals surface area contributed by atoms with Crippen LogP contribution in [0.3, 0.4) is 0 Å². The van der Waals surface area contributed by atoms with E-state index in [0.29, 0.717) is 44.9 Å². The van der Waals surface area contributed by atoms with Gasteiger partial charge in [-0.1, -0.05) is 35.5 Å².